The maximum atomic E-state index is 12.8. The van der Waals surface area contributed by atoms with Crippen LogP contribution in [0.4, 0.5) is 0 Å². The van der Waals surface area contributed by atoms with E-state index >= 15 is 0 Å². The number of nitrogens with zero attached hydrogens (tertiary/aromatic N) is 2. The number of guanidine groups is 1. The van der Waals surface area contributed by atoms with Crippen LogP contribution < -0.4 is 11.5 Å². The first-order valence-electron chi connectivity index (χ1n) is 9.87. The van der Waals surface area contributed by atoms with Crippen LogP contribution in [0.25, 0.3) is 0 Å². The van der Waals surface area contributed by atoms with Gasteiger partial charge in [-0.1, -0.05) is 23.8 Å². The van der Waals surface area contributed by atoms with Gasteiger partial charge in [0.25, 0.3) is 11.8 Å². The Bertz CT molecular complexity index is 969. The standard InChI is InChI=1S/C23H28N4O2/c1-14-5-4-6-18(11-14)22(29)27-9-7-17(8-10-27)19-12-16(3)20(13-15(19)2)21(28)26-23(24)25/h4-6,11-13,17H,7-10H2,1-3H3,(H4,24,25,26,28). The highest BCUT2D eigenvalue weighted by atomic mass is 16.2. The summed E-state index contributed by atoms with van der Waals surface area (Å²) in [7, 11) is 0. The van der Waals surface area contributed by atoms with Crippen molar-refractivity contribution in [2.75, 3.05) is 13.1 Å². The molecular formula is C23H28N4O2. The van der Waals surface area contributed by atoms with Crippen LogP contribution in [0.5, 0.6) is 0 Å². The lowest BCUT2D eigenvalue weighted by atomic mass is 9.84. The third kappa shape index (κ3) is 4.65. The SMILES string of the molecule is Cc1cccc(C(=O)N2CCC(c3cc(C)c(C(=O)N=C(N)N)cc3C)CC2)c1. The van der Waals surface area contributed by atoms with Crippen molar-refractivity contribution in [1.82, 2.24) is 4.90 Å². The van der Waals surface area contributed by atoms with E-state index in [1.54, 1.807) is 0 Å². The van der Waals surface area contributed by atoms with E-state index in [1.165, 1.54) is 5.56 Å². The van der Waals surface area contributed by atoms with E-state index in [1.807, 2.05) is 56.0 Å². The fourth-order valence-corrected chi connectivity index (χ4v) is 4.04. The molecule has 0 atom stereocenters. The summed E-state index contributed by atoms with van der Waals surface area (Å²) in [5.41, 5.74) is 16.2. The summed E-state index contributed by atoms with van der Waals surface area (Å²) >= 11 is 0. The summed E-state index contributed by atoms with van der Waals surface area (Å²) in [4.78, 5) is 30.6. The Morgan fingerprint density at radius 2 is 1.69 bits per heavy atom. The summed E-state index contributed by atoms with van der Waals surface area (Å²) in [6.45, 7) is 7.35. The Hall–Kier alpha value is -3.15. The summed E-state index contributed by atoms with van der Waals surface area (Å²) < 4.78 is 0. The topological polar surface area (TPSA) is 102 Å². The Balaban J connectivity index is 1.72. The van der Waals surface area contributed by atoms with E-state index in [4.69, 9.17) is 11.5 Å². The first-order chi connectivity index (χ1) is 13.8. The van der Waals surface area contributed by atoms with Gasteiger partial charge in [-0.3, -0.25) is 9.59 Å². The van der Waals surface area contributed by atoms with E-state index in [0.29, 0.717) is 11.5 Å². The molecule has 4 N–H and O–H groups in total. The van der Waals surface area contributed by atoms with Crippen LogP contribution in [0.15, 0.2) is 41.4 Å². The first-order valence-corrected chi connectivity index (χ1v) is 9.87. The largest absolute Gasteiger partial charge is 0.370 e. The zero-order valence-electron chi connectivity index (χ0n) is 17.2. The van der Waals surface area contributed by atoms with Crippen molar-refractivity contribution in [3.05, 3.63) is 69.8 Å². The minimum atomic E-state index is -0.421. The summed E-state index contributed by atoms with van der Waals surface area (Å²) in [6.07, 6.45) is 1.80. The highest BCUT2D eigenvalue weighted by Gasteiger charge is 2.26. The van der Waals surface area contributed by atoms with E-state index in [0.717, 1.165) is 48.2 Å². The van der Waals surface area contributed by atoms with Crippen LogP contribution in [0, 0.1) is 20.8 Å². The van der Waals surface area contributed by atoms with Gasteiger partial charge in [0, 0.05) is 24.2 Å². The molecule has 1 aliphatic rings. The third-order valence-electron chi connectivity index (χ3n) is 5.56. The van der Waals surface area contributed by atoms with Crippen molar-refractivity contribution in [3.63, 3.8) is 0 Å². The average molecular weight is 393 g/mol. The molecule has 0 radical (unpaired) electrons. The predicted octanol–water partition coefficient (Wildman–Crippen LogP) is 3.05. The van der Waals surface area contributed by atoms with Crippen molar-refractivity contribution < 1.29 is 9.59 Å². The average Bonchev–Trinajstić information content (AvgIpc) is 2.68. The zero-order chi connectivity index (χ0) is 21.1. The maximum absolute atomic E-state index is 12.8. The van der Waals surface area contributed by atoms with Crippen molar-refractivity contribution in [2.24, 2.45) is 16.5 Å². The maximum Gasteiger partial charge on any atom is 0.280 e. The van der Waals surface area contributed by atoms with Gasteiger partial charge in [0.05, 0.1) is 0 Å². The Kier molecular flexibility index (Phi) is 6.01. The molecule has 1 aliphatic heterocycles. The fourth-order valence-electron chi connectivity index (χ4n) is 4.04. The van der Waals surface area contributed by atoms with Gasteiger partial charge in [0.15, 0.2) is 5.96 Å². The number of carbonyl (C=O) groups excluding carboxylic acids is 2. The quantitative estimate of drug-likeness (QED) is 0.619. The number of likely N-dealkylation sites (tertiary alicyclic amines) is 1. The number of amides is 2. The number of aryl methyl sites for hydroxylation is 3. The molecule has 1 saturated heterocycles. The van der Waals surface area contributed by atoms with Crippen molar-refractivity contribution >= 4 is 17.8 Å². The molecule has 6 heteroatoms. The number of aliphatic imine (C=N–C) groups is 1. The van der Waals surface area contributed by atoms with Gasteiger partial charge in [-0.2, -0.15) is 4.99 Å². The molecule has 0 unspecified atom stereocenters. The van der Waals surface area contributed by atoms with Crippen LogP contribution in [0.3, 0.4) is 0 Å². The summed E-state index contributed by atoms with van der Waals surface area (Å²) in [5, 5.41) is 0. The number of hydrogen-bond donors (Lipinski definition) is 2. The number of rotatable bonds is 3. The van der Waals surface area contributed by atoms with Gasteiger partial charge >= 0.3 is 0 Å². The minimum Gasteiger partial charge on any atom is -0.370 e. The monoisotopic (exact) mass is 392 g/mol. The number of benzene rings is 2. The number of piperidine rings is 1. The molecule has 1 fully saturated rings. The second-order valence-corrected chi connectivity index (χ2v) is 7.80. The summed E-state index contributed by atoms with van der Waals surface area (Å²) in [5.74, 6) is -0.196. The normalized spacial score (nSPS) is 14.5. The molecular weight excluding hydrogens is 364 g/mol. The Morgan fingerprint density at radius 1 is 1.00 bits per heavy atom. The molecule has 2 amide bonds. The lowest BCUT2D eigenvalue weighted by Crippen LogP contribution is -2.38. The van der Waals surface area contributed by atoms with Gasteiger partial charge in [-0.05, 0) is 74.4 Å². The molecule has 0 saturated carbocycles. The highest BCUT2D eigenvalue weighted by molar-refractivity contribution is 6.03. The molecule has 3 rings (SSSR count). The lowest BCUT2D eigenvalue weighted by molar-refractivity contribution is 0.0712. The highest BCUT2D eigenvalue weighted by Crippen LogP contribution is 2.32. The molecule has 6 nitrogen and oxygen atoms in total. The van der Waals surface area contributed by atoms with Crippen molar-refractivity contribution in [2.45, 2.75) is 39.5 Å². The van der Waals surface area contributed by atoms with Crippen molar-refractivity contribution in [1.29, 1.82) is 0 Å². The van der Waals surface area contributed by atoms with E-state index in [9.17, 15) is 9.59 Å². The van der Waals surface area contributed by atoms with Gasteiger partial charge in [-0.15, -0.1) is 0 Å². The minimum absolute atomic E-state index is 0.0956. The number of hydrogen-bond acceptors (Lipinski definition) is 2. The fraction of sp³-hybridized carbons (Fsp3) is 0.348. The number of nitrogens with two attached hydrogens (primary N) is 2. The molecule has 0 bridgehead atoms. The van der Waals surface area contributed by atoms with E-state index in [2.05, 4.69) is 11.1 Å². The Morgan fingerprint density at radius 3 is 2.31 bits per heavy atom. The van der Waals surface area contributed by atoms with E-state index < -0.39 is 5.91 Å². The van der Waals surface area contributed by atoms with E-state index in [-0.39, 0.29) is 11.9 Å². The van der Waals surface area contributed by atoms with Gasteiger partial charge in [0.1, 0.15) is 0 Å². The molecule has 0 aromatic heterocycles. The molecule has 1 heterocycles. The molecule has 2 aromatic carbocycles. The second-order valence-electron chi connectivity index (χ2n) is 7.80. The summed E-state index contributed by atoms with van der Waals surface area (Å²) in [6, 6.07) is 11.7. The van der Waals surface area contributed by atoms with Gasteiger partial charge in [-0.25, -0.2) is 0 Å². The lowest BCUT2D eigenvalue weighted by Gasteiger charge is -2.33. The van der Waals surface area contributed by atoms with Crippen LogP contribution in [0.1, 0.15) is 61.7 Å². The number of carbonyl (C=O) groups is 2. The molecule has 29 heavy (non-hydrogen) atoms. The van der Waals surface area contributed by atoms with Crippen LogP contribution in [0.2, 0.25) is 0 Å². The van der Waals surface area contributed by atoms with Gasteiger partial charge < -0.3 is 16.4 Å². The molecule has 2 aromatic rings. The molecule has 0 spiro atoms. The zero-order valence-corrected chi connectivity index (χ0v) is 17.2. The molecule has 152 valence electrons. The predicted molar refractivity (Wildman–Crippen MR) is 115 cm³/mol. The van der Waals surface area contributed by atoms with Crippen LogP contribution in [-0.2, 0) is 0 Å². The second kappa shape index (κ2) is 8.47. The van der Waals surface area contributed by atoms with Crippen LogP contribution >= 0.6 is 0 Å². The van der Waals surface area contributed by atoms with Gasteiger partial charge in [0.2, 0.25) is 0 Å². The first kappa shape index (κ1) is 20.6. The van der Waals surface area contributed by atoms with Crippen molar-refractivity contribution in [3.8, 4) is 0 Å². The van der Waals surface area contributed by atoms with Crippen LogP contribution in [-0.4, -0.2) is 35.8 Å². The molecule has 0 aliphatic carbocycles. The smallest absolute Gasteiger partial charge is 0.280 e. The Labute approximate surface area is 171 Å². The third-order valence-corrected chi connectivity index (χ3v) is 5.56.